The number of guanidine groups is 1. The summed E-state index contributed by atoms with van der Waals surface area (Å²) in [6.07, 6.45) is 3.28. The summed E-state index contributed by atoms with van der Waals surface area (Å²) in [7, 11) is 1.78. The van der Waals surface area contributed by atoms with E-state index < -0.39 is 0 Å². The second-order valence-corrected chi connectivity index (χ2v) is 6.87. The van der Waals surface area contributed by atoms with E-state index in [4.69, 9.17) is 0 Å². The van der Waals surface area contributed by atoms with Gasteiger partial charge in [0, 0.05) is 31.7 Å². The maximum absolute atomic E-state index is 12.1. The summed E-state index contributed by atoms with van der Waals surface area (Å²) < 4.78 is 0. The first-order chi connectivity index (χ1) is 12.0. The molecule has 1 rings (SSSR count). The Kier molecular flexibility index (Phi) is 9.66. The highest BCUT2D eigenvalue weighted by molar-refractivity contribution is 5.94. The van der Waals surface area contributed by atoms with Gasteiger partial charge in [-0.15, -0.1) is 0 Å². The van der Waals surface area contributed by atoms with Gasteiger partial charge >= 0.3 is 0 Å². The number of hydrogen-bond donors (Lipinski definition) is 3. The minimum Gasteiger partial charge on any atom is -0.356 e. The second-order valence-electron chi connectivity index (χ2n) is 6.87. The Balaban J connectivity index is 2.42. The molecule has 3 N–H and O–H groups in total. The van der Waals surface area contributed by atoms with Crippen LogP contribution in [-0.2, 0) is 6.54 Å². The summed E-state index contributed by atoms with van der Waals surface area (Å²) >= 11 is 0. The van der Waals surface area contributed by atoms with Crippen molar-refractivity contribution < 1.29 is 4.79 Å². The lowest BCUT2D eigenvalue weighted by Gasteiger charge is -2.13. The fourth-order valence-corrected chi connectivity index (χ4v) is 2.31. The average Bonchev–Trinajstić information content (AvgIpc) is 2.61. The number of aliphatic imine (C=N–C) groups is 1. The number of nitrogens with one attached hydrogen (secondary N) is 3. The molecule has 0 aromatic heterocycles. The fraction of sp³-hybridized carbons (Fsp3) is 0.600. The van der Waals surface area contributed by atoms with Crippen LogP contribution in [0, 0.1) is 5.92 Å². The molecule has 0 bridgehead atoms. The number of carbonyl (C=O) groups is 1. The molecule has 0 radical (unpaired) electrons. The molecule has 0 saturated carbocycles. The number of amides is 1. The van der Waals surface area contributed by atoms with Crippen LogP contribution in [0.3, 0.4) is 0 Å². The average molecular weight is 347 g/mol. The van der Waals surface area contributed by atoms with Crippen LogP contribution >= 0.6 is 0 Å². The standard InChI is InChI=1S/C20H34N4O/c1-6-16(4)24-19(25)18-11-9-17(10-12-18)14-23-20(21-5)22-13-7-8-15(2)3/h9-12,15-16H,6-8,13-14H2,1-5H3,(H,24,25)(H2,21,22,23). The zero-order valence-electron chi connectivity index (χ0n) is 16.4. The van der Waals surface area contributed by atoms with Gasteiger partial charge in [-0.2, -0.15) is 0 Å². The summed E-state index contributed by atoms with van der Waals surface area (Å²) in [5.41, 5.74) is 1.81. The van der Waals surface area contributed by atoms with E-state index in [-0.39, 0.29) is 11.9 Å². The van der Waals surface area contributed by atoms with Gasteiger partial charge < -0.3 is 16.0 Å². The predicted molar refractivity (Wildman–Crippen MR) is 106 cm³/mol. The van der Waals surface area contributed by atoms with Gasteiger partial charge in [0.25, 0.3) is 5.91 Å². The maximum atomic E-state index is 12.1. The van der Waals surface area contributed by atoms with Crippen molar-refractivity contribution in [2.75, 3.05) is 13.6 Å². The largest absolute Gasteiger partial charge is 0.356 e. The predicted octanol–water partition coefficient (Wildman–Crippen LogP) is 3.32. The lowest BCUT2D eigenvalue weighted by atomic mass is 10.1. The monoisotopic (exact) mass is 346 g/mol. The van der Waals surface area contributed by atoms with Gasteiger partial charge in [-0.1, -0.05) is 32.9 Å². The highest BCUT2D eigenvalue weighted by atomic mass is 16.1. The molecule has 0 fully saturated rings. The minimum atomic E-state index is -0.0171. The lowest BCUT2D eigenvalue weighted by Crippen LogP contribution is -2.37. The summed E-state index contributed by atoms with van der Waals surface area (Å²) in [4.78, 5) is 16.3. The van der Waals surface area contributed by atoms with E-state index in [1.165, 1.54) is 6.42 Å². The van der Waals surface area contributed by atoms with E-state index in [0.717, 1.165) is 36.8 Å². The van der Waals surface area contributed by atoms with Gasteiger partial charge in [-0.05, 0) is 49.8 Å². The smallest absolute Gasteiger partial charge is 0.251 e. The highest BCUT2D eigenvalue weighted by Crippen LogP contribution is 2.05. The van der Waals surface area contributed by atoms with Gasteiger partial charge in [0.15, 0.2) is 5.96 Å². The molecular formula is C20H34N4O. The van der Waals surface area contributed by atoms with Crippen molar-refractivity contribution in [2.24, 2.45) is 10.9 Å². The first-order valence-corrected chi connectivity index (χ1v) is 9.30. The summed E-state index contributed by atoms with van der Waals surface area (Å²) in [5, 5.41) is 9.61. The molecule has 0 saturated heterocycles. The van der Waals surface area contributed by atoms with Crippen molar-refractivity contribution in [1.29, 1.82) is 0 Å². The topological polar surface area (TPSA) is 65.5 Å². The van der Waals surface area contributed by atoms with Crippen molar-refractivity contribution in [1.82, 2.24) is 16.0 Å². The van der Waals surface area contributed by atoms with Gasteiger partial charge in [0.05, 0.1) is 0 Å². The fourth-order valence-electron chi connectivity index (χ4n) is 2.31. The quantitative estimate of drug-likeness (QED) is 0.365. The zero-order chi connectivity index (χ0) is 18.7. The number of carbonyl (C=O) groups excluding carboxylic acids is 1. The third kappa shape index (κ3) is 8.57. The molecule has 0 aliphatic carbocycles. The van der Waals surface area contributed by atoms with Gasteiger partial charge in [-0.25, -0.2) is 0 Å². The molecule has 5 nitrogen and oxygen atoms in total. The minimum absolute atomic E-state index is 0.0171. The SMILES string of the molecule is CCC(C)NC(=O)c1ccc(CNC(=NC)NCCCC(C)C)cc1. The van der Waals surface area contributed by atoms with Crippen LogP contribution in [0.1, 0.15) is 62.9 Å². The number of rotatable bonds is 9. The van der Waals surface area contributed by atoms with Crippen molar-refractivity contribution in [2.45, 2.75) is 59.5 Å². The van der Waals surface area contributed by atoms with Crippen molar-refractivity contribution in [3.8, 4) is 0 Å². The third-order valence-corrected chi connectivity index (χ3v) is 4.14. The molecule has 1 unspecified atom stereocenters. The Bertz CT molecular complexity index is 537. The van der Waals surface area contributed by atoms with Crippen LogP contribution in [0.5, 0.6) is 0 Å². The Morgan fingerprint density at radius 2 is 1.80 bits per heavy atom. The van der Waals surface area contributed by atoms with E-state index >= 15 is 0 Å². The van der Waals surface area contributed by atoms with E-state index in [1.54, 1.807) is 7.05 Å². The van der Waals surface area contributed by atoms with E-state index in [2.05, 4.69) is 41.7 Å². The molecule has 25 heavy (non-hydrogen) atoms. The molecule has 0 heterocycles. The first kappa shape index (κ1) is 21.0. The molecule has 0 spiro atoms. The molecule has 5 heteroatoms. The number of hydrogen-bond acceptors (Lipinski definition) is 2. The van der Waals surface area contributed by atoms with Crippen LogP contribution in [0.15, 0.2) is 29.3 Å². The normalized spacial score (nSPS) is 12.8. The lowest BCUT2D eigenvalue weighted by molar-refractivity contribution is 0.0939. The number of benzene rings is 1. The second kappa shape index (κ2) is 11.5. The van der Waals surface area contributed by atoms with Crippen LogP contribution in [-0.4, -0.2) is 31.5 Å². The molecule has 0 aliphatic rings. The zero-order valence-corrected chi connectivity index (χ0v) is 16.4. The van der Waals surface area contributed by atoms with Gasteiger partial charge in [0.2, 0.25) is 0 Å². The summed E-state index contributed by atoms with van der Waals surface area (Å²) in [6.45, 7) is 10.1. The highest BCUT2D eigenvalue weighted by Gasteiger charge is 2.08. The Morgan fingerprint density at radius 3 is 2.36 bits per heavy atom. The van der Waals surface area contributed by atoms with Crippen LogP contribution in [0.4, 0.5) is 0 Å². The molecule has 1 aromatic carbocycles. The molecule has 0 aliphatic heterocycles. The van der Waals surface area contributed by atoms with Crippen molar-refractivity contribution in [3.05, 3.63) is 35.4 Å². The van der Waals surface area contributed by atoms with E-state index in [1.807, 2.05) is 31.2 Å². The number of nitrogens with zero attached hydrogens (tertiary/aromatic N) is 1. The molecule has 1 atom stereocenters. The molecule has 1 amide bonds. The Hall–Kier alpha value is -2.04. The van der Waals surface area contributed by atoms with Crippen molar-refractivity contribution >= 4 is 11.9 Å². The third-order valence-electron chi connectivity index (χ3n) is 4.14. The molecular weight excluding hydrogens is 312 g/mol. The summed E-state index contributed by atoms with van der Waals surface area (Å²) in [6, 6.07) is 7.88. The van der Waals surface area contributed by atoms with Crippen LogP contribution in [0.25, 0.3) is 0 Å². The molecule has 140 valence electrons. The van der Waals surface area contributed by atoms with Gasteiger partial charge in [-0.3, -0.25) is 9.79 Å². The molecule has 1 aromatic rings. The van der Waals surface area contributed by atoms with Gasteiger partial charge in [0.1, 0.15) is 0 Å². The van der Waals surface area contributed by atoms with Crippen LogP contribution in [0.2, 0.25) is 0 Å². The Labute approximate surface area is 152 Å². The van der Waals surface area contributed by atoms with E-state index in [9.17, 15) is 4.79 Å². The summed E-state index contributed by atoms with van der Waals surface area (Å²) in [5.74, 6) is 1.52. The Morgan fingerprint density at radius 1 is 1.12 bits per heavy atom. The first-order valence-electron chi connectivity index (χ1n) is 9.30. The maximum Gasteiger partial charge on any atom is 0.251 e. The van der Waals surface area contributed by atoms with E-state index in [0.29, 0.717) is 12.1 Å². The van der Waals surface area contributed by atoms with Crippen LogP contribution < -0.4 is 16.0 Å². The van der Waals surface area contributed by atoms with Crippen molar-refractivity contribution in [3.63, 3.8) is 0 Å².